The average Bonchev–Trinajstić information content (AvgIpc) is 3.17. The number of hydrogen-bond donors (Lipinski definition) is 1. The summed E-state index contributed by atoms with van der Waals surface area (Å²) in [4.78, 5) is 16.6. The zero-order chi connectivity index (χ0) is 17.1. The maximum absolute atomic E-state index is 12.3. The van der Waals surface area contributed by atoms with Crippen molar-refractivity contribution in [3.05, 3.63) is 70.7 Å². The summed E-state index contributed by atoms with van der Waals surface area (Å²) in [5.74, 6) is 0.0257. The highest BCUT2D eigenvalue weighted by molar-refractivity contribution is 7.13. The summed E-state index contributed by atoms with van der Waals surface area (Å²) in [6.45, 7) is 0. The van der Waals surface area contributed by atoms with Gasteiger partial charge < -0.3 is 5.32 Å². The molecule has 3 aromatic rings. The van der Waals surface area contributed by atoms with Crippen molar-refractivity contribution in [3.63, 3.8) is 0 Å². The third-order valence-corrected chi connectivity index (χ3v) is 5.45. The van der Waals surface area contributed by atoms with Gasteiger partial charge in [-0.1, -0.05) is 18.2 Å². The second-order valence-corrected chi connectivity index (χ2v) is 7.34. The quantitative estimate of drug-likeness (QED) is 0.731. The van der Waals surface area contributed by atoms with Crippen molar-refractivity contribution in [2.45, 2.75) is 32.1 Å². The molecule has 0 unspecified atom stereocenters. The van der Waals surface area contributed by atoms with Crippen LogP contribution in [0, 0.1) is 0 Å². The van der Waals surface area contributed by atoms with Gasteiger partial charge in [0.2, 0.25) is 5.91 Å². The van der Waals surface area contributed by atoms with Gasteiger partial charge in [-0.25, -0.2) is 4.98 Å². The van der Waals surface area contributed by atoms with Crippen molar-refractivity contribution in [3.8, 4) is 10.6 Å². The topological polar surface area (TPSA) is 42.0 Å². The maximum Gasteiger partial charge on any atom is 0.228 e. The van der Waals surface area contributed by atoms with E-state index in [0.29, 0.717) is 6.42 Å². The molecular formula is C21H20N2OS. The van der Waals surface area contributed by atoms with Crippen molar-refractivity contribution in [2.24, 2.45) is 0 Å². The van der Waals surface area contributed by atoms with Crippen LogP contribution in [0.4, 0.5) is 5.69 Å². The summed E-state index contributed by atoms with van der Waals surface area (Å²) in [5.41, 5.74) is 5.86. The monoisotopic (exact) mass is 348 g/mol. The Balaban J connectivity index is 1.40. The van der Waals surface area contributed by atoms with Crippen LogP contribution < -0.4 is 5.32 Å². The Morgan fingerprint density at radius 3 is 2.60 bits per heavy atom. The van der Waals surface area contributed by atoms with Gasteiger partial charge in [0.1, 0.15) is 5.01 Å². The minimum absolute atomic E-state index is 0.0257. The van der Waals surface area contributed by atoms with Crippen LogP contribution in [0.2, 0.25) is 0 Å². The minimum atomic E-state index is 0.0257. The Morgan fingerprint density at radius 1 is 1.04 bits per heavy atom. The first-order valence-electron chi connectivity index (χ1n) is 8.68. The van der Waals surface area contributed by atoms with Crippen LogP contribution in [-0.2, 0) is 24.1 Å². The number of thiazole rings is 1. The predicted octanol–water partition coefficient (Wildman–Crippen LogP) is 4.87. The molecule has 1 aromatic heterocycles. The van der Waals surface area contributed by atoms with E-state index < -0.39 is 0 Å². The largest absolute Gasteiger partial charge is 0.326 e. The molecule has 0 saturated heterocycles. The zero-order valence-electron chi connectivity index (χ0n) is 14.0. The van der Waals surface area contributed by atoms with Gasteiger partial charge in [-0.15, -0.1) is 11.3 Å². The van der Waals surface area contributed by atoms with Crippen LogP contribution in [0.3, 0.4) is 0 Å². The zero-order valence-corrected chi connectivity index (χ0v) is 14.8. The van der Waals surface area contributed by atoms with Crippen LogP contribution in [0.1, 0.15) is 29.5 Å². The van der Waals surface area contributed by atoms with E-state index in [2.05, 4.69) is 28.5 Å². The first-order valence-corrected chi connectivity index (χ1v) is 9.56. The molecule has 0 radical (unpaired) electrons. The number of aromatic nitrogens is 1. The molecule has 0 spiro atoms. The number of hydrogen-bond acceptors (Lipinski definition) is 3. The van der Waals surface area contributed by atoms with Gasteiger partial charge in [0.15, 0.2) is 0 Å². The molecule has 1 N–H and O–H groups in total. The fourth-order valence-electron chi connectivity index (χ4n) is 3.35. The highest BCUT2D eigenvalue weighted by Crippen LogP contribution is 2.24. The highest BCUT2D eigenvalue weighted by atomic mass is 32.1. The Kier molecular flexibility index (Phi) is 4.61. The number of benzene rings is 2. The fourth-order valence-corrected chi connectivity index (χ4v) is 3.99. The van der Waals surface area contributed by atoms with Gasteiger partial charge in [-0.2, -0.15) is 0 Å². The third kappa shape index (κ3) is 3.80. The number of fused-ring (bicyclic) bond motifs is 1. The Bertz CT molecular complexity index is 869. The van der Waals surface area contributed by atoms with Crippen molar-refractivity contribution < 1.29 is 4.79 Å². The number of aryl methyl sites for hydroxylation is 2. The molecule has 4 rings (SSSR count). The smallest absolute Gasteiger partial charge is 0.228 e. The molecule has 0 saturated carbocycles. The molecule has 0 aliphatic heterocycles. The molecule has 4 heteroatoms. The van der Waals surface area contributed by atoms with Crippen LogP contribution in [0.5, 0.6) is 0 Å². The number of carbonyl (C=O) groups is 1. The summed E-state index contributed by atoms with van der Waals surface area (Å²) in [6, 6.07) is 14.3. The lowest BCUT2D eigenvalue weighted by molar-refractivity contribution is -0.115. The number of rotatable bonds is 4. The molecule has 1 heterocycles. The summed E-state index contributed by atoms with van der Waals surface area (Å²) >= 11 is 1.61. The van der Waals surface area contributed by atoms with Crippen molar-refractivity contribution in [1.29, 1.82) is 0 Å². The van der Waals surface area contributed by atoms with Gasteiger partial charge in [0, 0.05) is 22.8 Å². The number of anilines is 1. The Labute approximate surface area is 151 Å². The average molecular weight is 348 g/mol. The number of carbonyl (C=O) groups excluding carboxylic acids is 1. The van der Waals surface area contributed by atoms with E-state index in [0.717, 1.165) is 28.2 Å². The van der Waals surface area contributed by atoms with E-state index in [1.54, 1.807) is 17.5 Å². The lowest BCUT2D eigenvalue weighted by atomic mass is 9.90. The van der Waals surface area contributed by atoms with Gasteiger partial charge in [0.05, 0.1) is 6.42 Å². The van der Waals surface area contributed by atoms with E-state index >= 15 is 0 Å². The summed E-state index contributed by atoms with van der Waals surface area (Å²) < 4.78 is 0. The van der Waals surface area contributed by atoms with Crippen LogP contribution in [-0.4, -0.2) is 10.9 Å². The maximum atomic E-state index is 12.3. The normalized spacial score (nSPS) is 13.3. The summed E-state index contributed by atoms with van der Waals surface area (Å²) in [6.07, 6.45) is 7.07. The fraction of sp³-hybridized carbons (Fsp3) is 0.238. The molecule has 0 bridgehead atoms. The van der Waals surface area contributed by atoms with E-state index in [-0.39, 0.29) is 5.91 Å². The molecule has 0 atom stereocenters. The highest BCUT2D eigenvalue weighted by Gasteiger charge is 2.11. The van der Waals surface area contributed by atoms with Gasteiger partial charge in [-0.3, -0.25) is 4.79 Å². The van der Waals surface area contributed by atoms with Crippen molar-refractivity contribution >= 4 is 22.9 Å². The lowest BCUT2D eigenvalue weighted by Gasteiger charge is -2.16. The first kappa shape index (κ1) is 16.0. The number of nitrogens with one attached hydrogen (secondary N) is 1. The van der Waals surface area contributed by atoms with Gasteiger partial charge >= 0.3 is 0 Å². The molecule has 1 amide bonds. The molecular weight excluding hydrogens is 328 g/mol. The number of amides is 1. The molecule has 2 aromatic carbocycles. The summed E-state index contributed by atoms with van der Waals surface area (Å²) in [7, 11) is 0. The molecule has 25 heavy (non-hydrogen) atoms. The van der Waals surface area contributed by atoms with Crippen LogP contribution >= 0.6 is 11.3 Å². The number of nitrogens with zero attached hydrogens (tertiary/aromatic N) is 1. The minimum Gasteiger partial charge on any atom is -0.326 e. The van der Waals surface area contributed by atoms with E-state index in [9.17, 15) is 4.79 Å². The Morgan fingerprint density at radius 2 is 1.84 bits per heavy atom. The Hall–Kier alpha value is -2.46. The second-order valence-electron chi connectivity index (χ2n) is 6.45. The van der Waals surface area contributed by atoms with Crippen LogP contribution in [0.25, 0.3) is 10.6 Å². The molecule has 0 fully saturated rings. The predicted molar refractivity (Wildman–Crippen MR) is 103 cm³/mol. The standard InChI is InChI=1S/C21H20N2OS/c24-20(14-15-5-6-16-3-1-2-4-18(16)13-15)23-19-9-7-17(8-10-19)21-22-11-12-25-21/h5-13H,1-4,14H2,(H,23,24). The molecule has 1 aliphatic rings. The van der Waals surface area contributed by atoms with E-state index in [4.69, 9.17) is 0 Å². The van der Waals surface area contributed by atoms with Crippen molar-refractivity contribution in [1.82, 2.24) is 4.98 Å². The van der Waals surface area contributed by atoms with Crippen molar-refractivity contribution in [2.75, 3.05) is 5.32 Å². The molecule has 1 aliphatic carbocycles. The SMILES string of the molecule is O=C(Cc1ccc2c(c1)CCCC2)Nc1ccc(-c2nccs2)cc1. The molecule has 126 valence electrons. The van der Waals surface area contributed by atoms with Gasteiger partial charge in [-0.05, 0) is 66.6 Å². The van der Waals surface area contributed by atoms with Crippen LogP contribution in [0.15, 0.2) is 54.0 Å². The van der Waals surface area contributed by atoms with E-state index in [1.807, 2.05) is 29.6 Å². The first-order chi connectivity index (χ1) is 12.3. The van der Waals surface area contributed by atoms with E-state index in [1.165, 1.54) is 30.4 Å². The summed E-state index contributed by atoms with van der Waals surface area (Å²) in [5, 5.41) is 5.94. The molecule has 3 nitrogen and oxygen atoms in total. The lowest BCUT2D eigenvalue weighted by Crippen LogP contribution is -2.15. The van der Waals surface area contributed by atoms with Gasteiger partial charge in [0.25, 0.3) is 0 Å². The second kappa shape index (κ2) is 7.19. The third-order valence-electron chi connectivity index (χ3n) is 4.63.